The summed E-state index contributed by atoms with van der Waals surface area (Å²) in [5, 5.41) is 9.28. The van der Waals surface area contributed by atoms with E-state index in [9.17, 15) is 9.90 Å². The van der Waals surface area contributed by atoms with Crippen LogP contribution in [0.2, 0.25) is 0 Å². The van der Waals surface area contributed by atoms with Crippen LogP contribution in [-0.2, 0) is 11.2 Å². The Kier molecular flexibility index (Phi) is 3.77. The lowest BCUT2D eigenvalue weighted by Gasteiger charge is -2.37. The Morgan fingerprint density at radius 1 is 1.35 bits per heavy atom. The average Bonchev–Trinajstić information content (AvgIpc) is 2.25. The Balaban J connectivity index is 2.05. The molecule has 1 aromatic rings. The summed E-state index contributed by atoms with van der Waals surface area (Å²) in [6, 6.07) is 8.33. The molecule has 1 N–H and O–H groups in total. The van der Waals surface area contributed by atoms with Gasteiger partial charge in [0.1, 0.15) is 0 Å². The van der Waals surface area contributed by atoms with Crippen molar-refractivity contribution in [2.75, 3.05) is 5.75 Å². The topological polar surface area (TPSA) is 37.3 Å². The molecule has 1 aliphatic carbocycles. The Bertz CT molecular complexity index is 393. The number of carbonyl (C=O) groups is 1. The van der Waals surface area contributed by atoms with Crippen molar-refractivity contribution in [2.24, 2.45) is 5.41 Å². The van der Waals surface area contributed by atoms with Gasteiger partial charge in [0.05, 0.1) is 5.41 Å². The zero-order valence-corrected chi connectivity index (χ0v) is 10.9. The van der Waals surface area contributed by atoms with Gasteiger partial charge in [0.25, 0.3) is 0 Å². The van der Waals surface area contributed by atoms with Crippen molar-refractivity contribution in [1.82, 2.24) is 0 Å². The molecule has 92 valence electrons. The van der Waals surface area contributed by atoms with Gasteiger partial charge in [0.2, 0.25) is 0 Å². The molecule has 0 aromatic heterocycles. The van der Waals surface area contributed by atoms with E-state index < -0.39 is 11.4 Å². The molecule has 0 spiro atoms. The second-order valence-electron chi connectivity index (χ2n) is 4.69. The number of aliphatic carboxylic acids is 1. The molecule has 0 amide bonds. The van der Waals surface area contributed by atoms with E-state index in [0.29, 0.717) is 6.42 Å². The molecular formula is C14H18O2S. The highest BCUT2D eigenvalue weighted by Gasteiger charge is 2.44. The van der Waals surface area contributed by atoms with Crippen LogP contribution in [-0.4, -0.2) is 16.8 Å². The quantitative estimate of drug-likeness (QED) is 0.811. The van der Waals surface area contributed by atoms with Crippen LogP contribution in [0.4, 0.5) is 0 Å². The SMILES string of the molecule is CCSc1ccc(CC2(C(=O)O)CCC2)cc1. The van der Waals surface area contributed by atoms with Gasteiger partial charge in [-0.2, -0.15) is 0 Å². The molecule has 1 fully saturated rings. The average molecular weight is 250 g/mol. The van der Waals surface area contributed by atoms with Crippen molar-refractivity contribution >= 4 is 17.7 Å². The van der Waals surface area contributed by atoms with E-state index in [1.807, 2.05) is 11.8 Å². The summed E-state index contributed by atoms with van der Waals surface area (Å²) in [5.41, 5.74) is 0.673. The highest BCUT2D eigenvalue weighted by atomic mass is 32.2. The van der Waals surface area contributed by atoms with Crippen LogP contribution in [0.1, 0.15) is 31.7 Å². The van der Waals surface area contributed by atoms with E-state index >= 15 is 0 Å². The zero-order chi connectivity index (χ0) is 12.3. The van der Waals surface area contributed by atoms with Crippen molar-refractivity contribution in [3.63, 3.8) is 0 Å². The second kappa shape index (κ2) is 5.13. The Hall–Kier alpha value is -0.960. The van der Waals surface area contributed by atoms with Crippen LogP contribution < -0.4 is 0 Å². The molecule has 2 rings (SSSR count). The van der Waals surface area contributed by atoms with Crippen molar-refractivity contribution < 1.29 is 9.90 Å². The molecule has 0 aliphatic heterocycles. The predicted octanol–water partition coefficient (Wildman–Crippen LogP) is 3.60. The number of carboxylic acids is 1. The van der Waals surface area contributed by atoms with Crippen molar-refractivity contribution in [3.8, 4) is 0 Å². The molecule has 1 saturated carbocycles. The Labute approximate surface area is 106 Å². The van der Waals surface area contributed by atoms with Gasteiger partial charge < -0.3 is 5.11 Å². The van der Waals surface area contributed by atoms with E-state index in [2.05, 4.69) is 31.2 Å². The van der Waals surface area contributed by atoms with Crippen molar-refractivity contribution in [1.29, 1.82) is 0 Å². The number of benzene rings is 1. The Morgan fingerprint density at radius 2 is 2.00 bits per heavy atom. The minimum atomic E-state index is -0.629. The van der Waals surface area contributed by atoms with Gasteiger partial charge in [-0.3, -0.25) is 4.79 Å². The maximum Gasteiger partial charge on any atom is 0.309 e. The summed E-state index contributed by atoms with van der Waals surface area (Å²) in [7, 11) is 0. The molecule has 3 heteroatoms. The molecule has 1 aromatic carbocycles. The van der Waals surface area contributed by atoms with Gasteiger partial charge in [-0.1, -0.05) is 25.5 Å². The number of hydrogen-bond acceptors (Lipinski definition) is 2. The third-order valence-corrected chi connectivity index (χ3v) is 4.44. The first kappa shape index (κ1) is 12.5. The van der Waals surface area contributed by atoms with E-state index in [4.69, 9.17) is 0 Å². The van der Waals surface area contributed by atoms with Gasteiger partial charge in [0.15, 0.2) is 0 Å². The maximum atomic E-state index is 11.3. The van der Waals surface area contributed by atoms with Gasteiger partial charge in [-0.25, -0.2) is 0 Å². The van der Waals surface area contributed by atoms with Crippen molar-refractivity contribution in [3.05, 3.63) is 29.8 Å². The summed E-state index contributed by atoms with van der Waals surface area (Å²) in [4.78, 5) is 12.5. The van der Waals surface area contributed by atoms with Gasteiger partial charge in [-0.15, -0.1) is 11.8 Å². The fourth-order valence-electron chi connectivity index (χ4n) is 2.33. The smallest absolute Gasteiger partial charge is 0.309 e. The molecule has 0 radical (unpaired) electrons. The molecule has 0 unspecified atom stereocenters. The standard InChI is InChI=1S/C14H18O2S/c1-2-17-12-6-4-11(5-7-12)10-14(13(15)16)8-3-9-14/h4-7H,2-3,8-10H2,1H3,(H,15,16). The molecule has 1 aliphatic rings. The molecule has 0 saturated heterocycles. The molecule has 2 nitrogen and oxygen atoms in total. The lowest BCUT2D eigenvalue weighted by molar-refractivity contribution is -0.154. The fourth-order valence-corrected chi connectivity index (χ4v) is 2.99. The number of hydrogen-bond donors (Lipinski definition) is 1. The number of thioether (sulfide) groups is 1. The van der Waals surface area contributed by atoms with Crippen molar-refractivity contribution in [2.45, 2.75) is 37.5 Å². The number of rotatable bonds is 5. The molecule has 0 bridgehead atoms. The first-order valence-corrected chi connectivity index (χ1v) is 7.10. The van der Waals surface area contributed by atoms with Crippen LogP contribution in [0.3, 0.4) is 0 Å². The largest absolute Gasteiger partial charge is 0.481 e. The zero-order valence-electron chi connectivity index (χ0n) is 10.1. The maximum absolute atomic E-state index is 11.3. The highest BCUT2D eigenvalue weighted by Crippen LogP contribution is 2.44. The first-order chi connectivity index (χ1) is 8.16. The summed E-state index contributed by atoms with van der Waals surface area (Å²) in [6.45, 7) is 2.13. The van der Waals surface area contributed by atoms with Gasteiger partial charge in [0, 0.05) is 4.90 Å². The minimum Gasteiger partial charge on any atom is -0.481 e. The molecule has 0 heterocycles. The molecular weight excluding hydrogens is 232 g/mol. The van der Waals surface area contributed by atoms with Crippen LogP contribution in [0.15, 0.2) is 29.2 Å². The lowest BCUT2D eigenvalue weighted by atomic mass is 9.65. The third kappa shape index (κ3) is 2.65. The third-order valence-electron chi connectivity index (χ3n) is 3.54. The number of carboxylic acid groups (broad SMARTS) is 1. The van der Waals surface area contributed by atoms with Gasteiger partial charge in [-0.05, 0) is 42.7 Å². The lowest BCUT2D eigenvalue weighted by Crippen LogP contribution is -2.39. The van der Waals surface area contributed by atoms with E-state index in [0.717, 1.165) is 30.6 Å². The van der Waals surface area contributed by atoms with Crippen LogP contribution >= 0.6 is 11.8 Å². The summed E-state index contributed by atoms with van der Waals surface area (Å²) < 4.78 is 0. The molecule has 17 heavy (non-hydrogen) atoms. The molecule has 0 atom stereocenters. The second-order valence-corrected chi connectivity index (χ2v) is 6.03. The van der Waals surface area contributed by atoms with E-state index in [1.54, 1.807) is 0 Å². The summed E-state index contributed by atoms with van der Waals surface area (Å²) in [5.74, 6) is 0.439. The van der Waals surface area contributed by atoms with Crippen LogP contribution in [0.25, 0.3) is 0 Å². The normalized spacial score (nSPS) is 17.5. The summed E-state index contributed by atoms with van der Waals surface area (Å²) >= 11 is 1.81. The van der Waals surface area contributed by atoms with Crippen LogP contribution in [0.5, 0.6) is 0 Å². The van der Waals surface area contributed by atoms with E-state index in [-0.39, 0.29) is 0 Å². The van der Waals surface area contributed by atoms with Gasteiger partial charge >= 0.3 is 5.97 Å². The highest BCUT2D eigenvalue weighted by molar-refractivity contribution is 7.99. The minimum absolute atomic E-state index is 0.473. The monoisotopic (exact) mass is 250 g/mol. The summed E-state index contributed by atoms with van der Waals surface area (Å²) in [6.07, 6.45) is 3.39. The predicted molar refractivity (Wildman–Crippen MR) is 70.5 cm³/mol. The van der Waals surface area contributed by atoms with Crippen LogP contribution in [0, 0.1) is 5.41 Å². The van der Waals surface area contributed by atoms with E-state index in [1.165, 1.54) is 4.90 Å². The fraction of sp³-hybridized carbons (Fsp3) is 0.500. The first-order valence-electron chi connectivity index (χ1n) is 6.11. The Morgan fingerprint density at radius 3 is 2.41 bits per heavy atom.